The molecular formula is C13H17NS. The summed E-state index contributed by atoms with van der Waals surface area (Å²) in [6.45, 7) is 2.27. The summed E-state index contributed by atoms with van der Waals surface area (Å²) in [6.07, 6.45) is 3.51. The van der Waals surface area contributed by atoms with Gasteiger partial charge in [-0.05, 0) is 31.7 Å². The molecule has 0 amide bonds. The van der Waals surface area contributed by atoms with Crippen molar-refractivity contribution in [2.45, 2.75) is 31.7 Å². The number of aliphatic imine (C=N–C) groups is 1. The number of aryl methyl sites for hydroxylation is 1. The first kappa shape index (κ1) is 10.7. The van der Waals surface area contributed by atoms with Gasteiger partial charge in [0.2, 0.25) is 0 Å². The Morgan fingerprint density at radius 1 is 1.33 bits per heavy atom. The average molecular weight is 219 g/mol. The van der Waals surface area contributed by atoms with Gasteiger partial charge in [0.25, 0.3) is 0 Å². The maximum atomic E-state index is 4.61. The fraction of sp³-hybridized carbons (Fsp3) is 0.462. The first-order valence-electron chi connectivity index (χ1n) is 5.48. The summed E-state index contributed by atoms with van der Waals surface area (Å²) >= 11 is 1.83. The van der Waals surface area contributed by atoms with Crippen LogP contribution >= 0.6 is 11.8 Å². The van der Waals surface area contributed by atoms with Crippen LogP contribution in [0.15, 0.2) is 35.3 Å². The summed E-state index contributed by atoms with van der Waals surface area (Å²) in [6, 6.07) is 10.7. The number of hydrogen-bond donors (Lipinski definition) is 0. The molecule has 1 nitrogen and oxygen atoms in total. The predicted molar refractivity (Wildman–Crippen MR) is 68.7 cm³/mol. The van der Waals surface area contributed by atoms with Crippen LogP contribution in [0.3, 0.4) is 0 Å². The first-order valence-corrected chi connectivity index (χ1v) is 6.53. The molecule has 0 aromatic heterocycles. The summed E-state index contributed by atoms with van der Waals surface area (Å²) in [4.78, 5) is 4.61. The normalized spacial score (nSPS) is 25.4. The third-order valence-electron chi connectivity index (χ3n) is 2.99. The molecule has 0 spiro atoms. The highest BCUT2D eigenvalue weighted by molar-refractivity contribution is 8.12. The highest BCUT2D eigenvalue weighted by Gasteiger charge is 2.23. The number of benzene rings is 1. The number of nitrogens with zero attached hydrogens (tertiary/aromatic N) is 1. The first-order chi connectivity index (χ1) is 7.29. The van der Waals surface area contributed by atoms with Crippen molar-refractivity contribution in [3.05, 3.63) is 35.9 Å². The Bertz CT molecular complexity index is 334. The molecule has 0 bridgehead atoms. The third-order valence-corrected chi connectivity index (χ3v) is 3.69. The van der Waals surface area contributed by atoms with Crippen molar-refractivity contribution in [1.82, 2.24) is 0 Å². The Labute approximate surface area is 96.0 Å². The molecule has 1 aliphatic rings. The predicted octanol–water partition coefficient (Wildman–Crippen LogP) is 3.54. The fourth-order valence-corrected chi connectivity index (χ4v) is 2.80. The zero-order valence-electron chi connectivity index (χ0n) is 9.15. The molecule has 0 fully saturated rings. The molecule has 0 radical (unpaired) electrons. The maximum Gasteiger partial charge on any atom is 0.0597 e. The van der Waals surface area contributed by atoms with Crippen LogP contribution in [0, 0.1) is 0 Å². The summed E-state index contributed by atoms with van der Waals surface area (Å²) in [5.41, 5.74) is 3.63. The van der Waals surface area contributed by atoms with Crippen molar-refractivity contribution in [1.29, 1.82) is 0 Å². The summed E-state index contributed by atoms with van der Waals surface area (Å²) in [7, 11) is 0. The maximum absolute atomic E-state index is 4.61. The standard InChI is InChI=1S/C13H17NS/c1-13(9-10-15-11-14-13)8-7-12-5-3-2-4-6-12/h2-6,11H,7-10H2,1H3. The molecule has 1 aromatic carbocycles. The van der Waals surface area contributed by atoms with Crippen LogP contribution in [0.4, 0.5) is 0 Å². The van der Waals surface area contributed by atoms with Crippen LogP contribution in [0.1, 0.15) is 25.3 Å². The van der Waals surface area contributed by atoms with Crippen molar-refractivity contribution in [3.8, 4) is 0 Å². The van der Waals surface area contributed by atoms with Gasteiger partial charge < -0.3 is 0 Å². The number of thioether (sulfide) groups is 1. The van der Waals surface area contributed by atoms with E-state index in [-0.39, 0.29) is 5.54 Å². The molecule has 15 heavy (non-hydrogen) atoms. The lowest BCUT2D eigenvalue weighted by Crippen LogP contribution is -2.26. The molecule has 1 unspecified atom stereocenters. The van der Waals surface area contributed by atoms with Crippen molar-refractivity contribution < 1.29 is 0 Å². The zero-order chi connectivity index (χ0) is 10.6. The van der Waals surface area contributed by atoms with E-state index in [4.69, 9.17) is 0 Å². The van der Waals surface area contributed by atoms with Crippen molar-refractivity contribution in [2.75, 3.05) is 5.75 Å². The molecule has 0 saturated heterocycles. The Kier molecular flexibility index (Phi) is 3.47. The third kappa shape index (κ3) is 3.10. The van der Waals surface area contributed by atoms with Crippen molar-refractivity contribution in [2.24, 2.45) is 4.99 Å². The second-order valence-corrected chi connectivity index (χ2v) is 5.29. The van der Waals surface area contributed by atoms with E-state index in [9.17, 15) is 0 Å². The lowest BCUT2D eigenvalue weighted by Gasteiger charge is -2.27. The summed E-state index contributed by atoms with van der Waals surface area (Å²) in [5.74, 6) is 1.22. The van der Waals surface area contributed by atoms with Gasteiger partial charge in [-0.2, -0.15) is 0 Å². The Morgan fingerprint density at radius 2 is 2.13 bits per heavy atom. The summed E-state index contributed by atoms with van der Waals surface area (Å²) in [5, 5.41) is 0. The minimum Gasteiger partial charge on any atom is -0.280 e. The monoisotopic (exact) mass is 219 g/mol. The molecule has 0 N–H and O–H groups in total. The molecular weight excluding hydrogens is 202 g/mol. The molecule has 1 atom stereocenters. The molecule has 1 heterocycles. The van der Waals surface area contributed by atoms with Crippen molar-refractivity contribution >= 4 is 17.3 Å². The molecule has 0 aliphatic carbocycles. The number of hydrogen-bond acceptors (Lipinski definition) is 2. The van der Waals surface area contributed by atoms with Gasteiger partial charge in [0.1, 0.15) is 0 Å². The quantitative estimate of drug-likeness (QED) is 0.757. The number of rotatable bonds is 3. The fourth-order valence-electron chi connectivity index (χ4n) is 1.81. The van der Waals surface area contributed by atoms with E-state index in [1.54, 1.807) is 0 Å². The lowest BCUT2D eigenvalue weighted by molar-refractivity contribution is 0.425. The lowest BCUT2D eigenvalue weighted by atomic mass is 9.91. The van der Waals surface area contributed by atoms with Crippen LogP contribution in [0.25, 0.3) is 0 Å². The van der Waals surface area contributed by atoms with Gasteiger partial charge in [0.15, 0.2) is 0 Å². The second-order valence-electron chi connectivity index (χ2n) is 4.34. The van der Waals surface area contributed by atoms with E-state index in [1.807, 2.05) is 17.3 Å². The summed E-state index contributed by atoms with van der Waals surface area (Å²) < 4.78 is 0. The van der Waals surface area contributed by atoms with E-state index in [1.165, 1.54) is 17.7 Å². The van der Waals surface area contributed by atoms with E-state index >= 15 is 0 Å². The van der Waals surface area contributed by atoms with E-state index in [0.717, 1.165) is 12.8 Å². The Morgan fingerprint density at radius 3 is 2.80 bits per heavy atom. The SMILES string of the molecule is CC1(CCc2ccccc2)CCSC=N1. The van der Waals surface area contributed by atoms with Gasteiger partial charge in [-0.25, -0.2) is 0 Å². The smallest absolute Gasteiger partial charge is 0.0597 e. The zero-order valence-corrected chi connectivity index (χ0v) is 9.96. The molecule has 2 rings (SSSR count). The highest BCUT2D eigenvalue weighted by atomic mass is 32.2. The Balaban J connectivity index is 1.93. The van der Waals surface area contributed by atoms with Crippen molar-refractivity contribution in [3.63, 3.8) is 0 Å². The van der Waals surface area contributed by atoms with Gasteiger partial charge >= 0.3 is 0 Å². The van der Waals surface area contributed by atoms with Gasteiger partial charge in [0.05, 0.1) is 11.1 Å². The minimum atomic E-state index is 0.182. The van der Waals surface area contributed by atoms with Crippen LogP contribution in [0.2, 0.25) is 0 Å². The van der Waals surface area contributed by atoms with E-state index in [0.29, 0.717) is 0 Å². The second kappa shape index (κ2) is 4.84. The van der Waals surface area contributed by atoms with Crippen LogP contribution in [-0.2, 0) is 6.42 Å². The molecule has 1 aromatic rings. The topological polar surface area (TPSA) is 12.4 Å². The van der Waals surface area contributed by atoms with Gasteiger partial charge in [-0.3, -0.25) is 4.99 Å². The molecule has 80 valence electrons. The van der Waals surface area contributed by atoms with Crippen LogP contribution < -0.4 is 0 Å². The van der Waals surface area contributed by atoms with Gasteiger partial charge in [0, 0.05) is 5.75 Å². The largest absolute Gasteiger partial charge is 0.280 e. The molecule has 1 aliphatic heterocycles. The van der Waals surface area contributed by atoms with Crippen LogP contribution in [0.5, 0.6) is 0 Å². The van der Waals surface area contributed by atoms with Gasteiger partial charge in [-0.1, -0.05) is 30.3 Å². The van der Waals surface area contributed by atoms with E-state index in [2.05, 4.69) is 42.2 Å². The van der Waals surface area contributed by atoms with Crippen LogP contribution in [-0.4, -0.2) is 16.8 Å². The highest BCUT2D eigenvalue weighted by Crippen LogP contribution is 2.27. The van der Waals surface area contributed by atoms with Gasteiger partial charge in [-0.15, -0.1) is 11.8 Å². The molecule has 2 heteroatoms. The Hall–Kier alpha value is -0.760. The van der Waals surface area contributed by atoms with E-state index < -0.39 is 0 Å². The molecule has 0 saturated carbocycles. The minimum absolute atomic E-state index is 0.182. The average Bonchev–Trinajstić information content (AvgIpc) is 2.29.